The van der Waals surface area contributed by atoms with E-state index in [9.17, 15) is 4.79 Å². The normalized spacial score (nSPS) is 10.2. The molecule has 0 aliphatic heterocycles. The highest BCUT2D eigenvalue weighted by atomic mass is 35.5. The Labute approximate surface area is 117 Å². The molecule has 0 unspecified atom stereocenters. The van der Waals surface area contributed by atoms with Crippen molar-refractivity contribution in [3.05, 3.63) is 64.9 Å². The first-order valence-electron chi connectivity index (χ1n) is 6.02. The van der Waals surface area contributed by atoms with E-state index < -0.39 is 0 Å². The number of carbonyl (C=O) groups excluding carboxylic acids is 1. The van der Waals surface area contributed by atoms with Crippen molar-refractivity contribution < 1.29 is 4.79 Å². The Hall–Kier alpha value is -1.87. The number of benzene rings is 1. The molecule has 0 atom stereocenters. The number of hydrogen-bond donors (Lipinski definition) is 0. The SMILES string of the molecule is CN(Cc1ccncc1)C(=O)Cc1ccc(Cl)cc1. The van der Waals surface area contributed by atoms with E-state index >= 15 is 0 Å². The average molecular weight is 275 g/mol. The van der Waals surface area contributed by atoms with Crippen LogP contribution in [-0.4, -0.2) is 22.8 Å². The minimum Gasteiger partial charge on any atom is -0.341 e. The molecule has 0 bridgehead atoms. The molecule has 1 aromatic heterocycles. The molecule has 0 fully saturated rings. The summed E-state index contributed by atoms with van der Waals surface area (Å²) in [5.41, 5.74) is 2.04. The number of rotatable bonds is 4. The number of halogens is 1. The van der Waals surface area contributed by atoms with E-state index in [0.717, 1.165) is 11.1 Å². The standard InChI is InChI=1S/C15H15ClN2O/c1-18(11-13-6-8-17-9-7-13)15(19)10-12-2-4-14(16)5-3-12/h2-9H,10-11H2,1H3. The number of pyridine rings is 1. The minimum absolute atomic E-state index is 0.0825. The molecule has 0 saturated carbocycles. The Bertz CT molecular complexity index is 540. The molecule has 2 aromatic rings. The van der Waals surface area contributed by atoms with Gasteiger partial charge in [-0.3, -0.25) is 9.78 Å². The van der Waals surface area contributed by atoms with Gasteiger partial charge in [0.05, 0.1) is 6.42 Å². The van der Waals surface area contributed by atoms with Crippen LogP contribution in [0.25, 0.3) is 0 Å². The van der Waals surface area contributed by atoms with Gasteiger partial charge in [0.1, 0.15) is 0 Å². The van der Waals surface area contributed by atoms with Crippen molar-refractivity contribution in [2.24, 2.45) is 0 Å². The maximum atomic E-state index is 12.1. The summed E-state index contributed by atoms with van der Waals surface area (Å²) >= 11 is 5.82. The molecule has 0 spiro atoms. The topological polar surface area (TPSA) is 33.2 Å². The van der Waals surface area contributed by atoms with Crippen molar-refractivity contribution in [1.82, 2.24) is 9.88 Å². The van der Waals surface area contributed by atoms with Crippen LogP contribution in [0.4, 0.5) is 0 Å². The number of nitrogens with zero attached hydrogens (tertiary/aromatic N) is 2. The molecule has 0 aliphatic carbocycles. The lowest BCUT2D eigenvalue weighted by Crippen LogP contribution is -2.27. The van der Waals surface area contributed by atoms with Crippen molar-refractivity contribution in [3.8, 4) is 0 Å². The van der Waals surface area contributed by atoms with Gasteiger partial charge >= 0.3 is 0 Å². The number of carbonyl (C=O) groups is 1. The monoisotopic (exact) mass is 274 g/mol. The molecular weight excluding hydrogens is 260 g/mol. The van der Waals surface area contributed by atoms with E-state index in [1.165, 1.54) is 0 Å². The predicted molar refractivity (Wildman–Crippen MR) is 75.9 cm³/mol. The fourth-order valence-corrected chi connectivity index (χ4v) is 1.89. The zero-order valence-electron chi connectivity index (χ0n) is 10.7. The highest BCUT2D eigenvalue weighted by molar-refractivity contribution is 6.30. The van der Waals surface area contributed by atoms with E-state index in [1.54, 1.807) is 36.5 Å². The van der Waals surface area contributed by atoms with E-state index in [0.29, 0.717) is 18.0 Å². The molecule has 0 saturated heterocycles. The highest BCUT2D eigenvalue weighted by Gasteiger charge is 2.10. The Balaban J connectivity index is 1.94. The van der Waals surface area contributed by atoms with Gasteiger partial charge in [0.15, 0.2) is 0 Å². The van der Waals surface area contributed by atoms with E-state index in [4.69, 9.17) is 11.6 Å². The van der Waals surface area contributed by atoms with Crippen LogP contribution in [0.15, 0.2) is 48.8 Å². The molecule has 98 valence electrons. The molecular formula is C15H15ClN2O. The van der Waals surface area contributed by atoms with Crippen molar-refractivity contribution >= 4 is 17.5 Å². The van der Waals surface area contributed by atoms with Gasteiger partial charge in [0.2, 0.25) is 5.91 Å². The van der Waals surface area contributed by atoms with Gasteiger partial charge in [-0.25, -0.2) is 0 Å². The zero-order chi connectivity index (χ0) is 13.7. The quantitative estimate of drug-likeness (QED) is 0.859. The summed E-state index contributed by atoms with van der Waals surface area (Å²) in [4.78, 5) is 17.7. The Morgan fingerprint density at radius 3 is 2.37 bits per heavy atom. The molecule has 0 radical (unpaired) electrons. The molecule has 0 N–H and O–H groups in total. The van der Waals surface area contributed by atoms with Gasteiger partial charge in [-0.05, 0) is 35.4 Å². The first-order valence-corrected chi connectivity index (χ1v) is 6.40. The second-order valence-electron chi connectivity index (χ2n) is 4.41. The molecule has 19 heavy (non-hydrogen) atoms. The number of hydrogen-bond acceptors (Lipinski definition) is 2. The lowest BCUT2D eigenvalue weighted by atomic mass is 10.1. The van der Waals surface area contributed by atoms with Gasteiger partial charge in [-0.2, -0.15) is 0 Å². The van der Waals surface area contributed by atoms with Crippen LogP contribution >= 0.6 is 11.6 Å². The summed E-state index contributed by atoms with van der Waals surface area (Å²) in [6.45, 7) is 0.592. The fourth-order valence-electron chi connectivity index (χ4n) is 1.76. The maximum absolute atomic E-state index is 12.1. The van der Waals surface area contributed by atoms with Crippen LogP contribution in [0.2, 0.25) is 5.02 Å². The third-order valence-electron chi connectivity index (χ3n) is 2.86. The number of aromatic nitrogens is 1. The van der Waals surface area contributed by atoms with Gasteiger partial charge in [-0.15, -0.1) is 0 Å². The van der Waals surface area contributed by atoms with Crippen LogP contribution in [-0.2, 0) is 17.8 Å². The molecule has 3 nitrogen and oxygen atoms in total. The Kier molecular flexibility index (Phi) is 4.53. The lowest BCUT2D eigenvalue weighted by Gasteiger charge is -2.17. The van der Waals surface area contributed by atoms with E-state index in [2.05, 4.69) is 4.98 Å². The van der Waals surface area contributed by atoms with Crippen molar-refractivity contribution in [1.29, 1.82) is 0 Å². The maximum Gasteiger partial charge on any atom is 0.227 e. The fraction of sp³-hybridized carbons (Fsp3) is 0.200. The van der Waals surface area contributed by atoms with Crippen LogP contribution in [0, 0.1) is 0 Å². The first kappa shape index (κ1) is 13.6. The largest absolute Gasteiger partial charge is 0.341 e. The number of amides is 1. The van der Waals surface area contributed by atoms with Crippen LogP contribution in [0.5, 0.6) is 0 Å². The smallest absolute Gasteiger partial charge is 0.227 e. The van der Waals surface area contributed by atoms with Crippen molar-refractivity contribution in [2.45, 2.75) is 13.0 Å². The lowest BCUT2D eigenvalue weighted by molar-refractivity contribution is -0.129. The molecule has 0 aliphatic rings. The molecule has 1 amide bonds. The third kappa shape index (κ3) is 4.07. The molecule has 2 rings (SSSR count). The first-order chi connectivity index (χ1) is 9.15. The summed E-state index contributed by atoms with van der Waals surface area (Å²) < 4.78 is 0. The second kappa shape index (κ2) is 6.34. The summed E-state index contributed by atoms with van der Waals surface area (Å²) in [6, 6.07) is 11.2. The number of likely N-dealkylation sites (N-methyl/N-ethyl adjacent to an activating group) is 1. The van der Waals surface area contributed by atoms with Crippen molar-refractivity contribution in [3.63, 3.8) is 0 Å². The summed E-state index contributed by atoms with van der Waals surface area (Å²) in [5, 5.41) is 0.682. The van der Waals surface area contributed by atoms with Crippen LogP contribution in [0.3, 0.4) is 0 Å². The second-order valence-corrected chi connectivity index (χ2v) is 4.84. The van der Waals surface area contributed by atoms with E-state index in [1.807, 2.05) is 24.3 Å². The molecule has 1 heterocycles. The van der Waals surface area contributed by atoms with Crippen LogP contribution in [0.1, 0.15) is 11.1 Å². The summed E-state index contributed by atoms with van der Waals surface area (Å²) in [5.74, 6) is 0.0825. The summed E-state index contributed by atoms with van der Waals surface area (Å²) in [7, 11) is 1.80. The minimum atomic E-state index is 0.0825. The molecule has 4 heteroatoms. The predicted octanol–water partition coefficient (Wildman–Crippen LogP) is 2.94. The van der Waals surface area contributed by atoms with Gasteiger partial charge < -0.3 is 4.90 Å². The Morgan fingerprint density at radius 2 is 1.74 bits per heavy atom. The zero-order valence-corrected chi connectivity index (χ0v) is 11.5. The van der Waals surface area contributed by atoms with E-state index in [-0.39, 0.29) is 5.91 Å². The summed E-state index contributed by atoms with van der Waals surface area (Å²) in [6.07, 6.45) is 3.85. The third-order valence-corrected chi connectivity index (χ3v) is 3.12. The van der Waals surface area contributed by atoms with Gasteiger partial charge in [-0.1, -0.05) is 23.7 Å². The van der Waals surface area contributed by atoms with Gasteiger partial charge in [0.25, 0.3) is 0 Å². The van der Waals surface area contributed by atoms with Crippen molar-refractivity contribution in [2.75, 3.05) is 7.05 Å². The van der Waals surface area contributed by atoms with Crippen LogP contribution < -0.4 is 0 Å². The highest BCUT2D eigenvalue weighted by Crippen LogP contribution is 2.11. The average Bonchev–Trinajstić information content (AvgIpc) is 2.42. The van der Waals surface area contributed by atoms with Gasteiger partial charge in [0, 0.05) is 31.0 Å². The molecule has 1 aromatic carbocycles. The Morgan fingerprint density at radius 1 is 1.11 bits per heavy atom.